The lowest BCUT2D eigenvalue weighted by Gasteiger charge is -2.39. The van der Waals surface area contributed by atoms with Gasteiger partial charge in [0, 0.05) is 12.6 Å². The predicted molar refractivity (Wildman–Crippen MR) is 69.5 cm³/mol. The molecular weight excluding hydrogens is 198 g/mol. The second kappa shape index (κ2) is 6.02. The normalized spacial score (nSPS) is 29.1. The molecule has 0 spiro atoms. The van der Waals surface area contributed by atoms with E-state index >= 15 is 0 Å². The fourth-order valence-corrected chi connectivity index (χ4v) is 2.70. The zero-order valence-corrected chi connectivity index (χ0v) is 11.4. The minimum Gasteiger partial charge on any atom is -0.392 e. The monoisotopic (exact) mass is 227 g/mol. The summed E-state index contributed by atoms with van der Waals surface area (Å²) in [4.78, 5) is 0. The SMILES string of the molecule is CCC(C)(C)C1CCC(NCC(C)O)CC1. The van der Waals surface area contributed by atoms with Gasteiger partial charge in [0.25, 0.3) is 0 Å². The summed E-state index contributed by atoms with van der Waals surface area (Å²) >= 11 is 0. The Bertz CT molecular complexity index is 193. The first-order chi connectivity index (χ1) is 7.45. The molecule has 1 fully saturated rings. The molecule has 96 valence electrons. The van der Waals surface area contributed by atoms with Crippen LogP contribution in [0.3, 0.4) is 0 Å². The zero-order valence-electron chi connectivity index (χ0n) is 11.4. The van der Waals surface area contributed by atoms with Gasteiger partial charge >= 0.3 is 0 Å². The quantitative estimate of drug-likeness (QED) is 0.757. The van der Waals surface area contributed by atoms with Crippen LogP contribution in [0, 0.1) is 11.3 Å². The van der Waals surface area contributed by atoms with Crippen LogP contribution in [0.25, 0.3) is 0 Å². The molecular formula is C14H29NO. The van der Waals surface area contributed by atoms with Crippen LogP contribution in [0.5, 0.6) is 0 Å². The van der Waals surface area contributed by atoms with Crippen LogP contribution >= 0.6 is 0 Å². The van der Waals surface area contributed by atoms with Crippen LogP contribution in [0.1, 0.15) is 59.8 Å². The molecule has 0 aliphatic heterocycles. The van der Waals surface area contributed by atoms with Gasteiger partial charge in [-0.25, -0.2) is 0 Å². The van der Waals surface area contributed by atoms with E-state index in [1.165, 1.54) is 32.1 Å². The molecule has 1 aliphatic rings. The Labute approximate surface area is 101 Å². The van der Waals surface area contributed by atoms with E-state index in [1.54, 1.807) is 0 Å². The summed E-state index contributed by atoms with van der Waals surface area (Å²) in [6.07, 6.45) is 6.31. The van der Waals surface area contributed by atoms with Crippen molar-refractivity contribution in [3.05, 3.63) is 0 Å². The molecule has 1 aliphatic carbocycles. The van der Waals surface area contributed by atoms with Gasteiger partial charge in [0.15, 0.2) is 0 Å². The summed E-state index contributed by atoms with van der Waals surface area (Å²) in [5, 5.41) is 12.7. The van der Waals surface area contributed by atoms with E-state index in [0.717, 1.165) is 12.5 Å². The summed E-state index contributed by atoms with van der Waals surface area (Å²) < 4.78 is 0. The molecule has 0 aromatic carbocycles. The van der Waals surface area contributed by atoms with Crippen LogP contribution in [-0.2, 0) is 0 Å². The van der Waals surface area contributed by atoms with Gasteiger partial charge in [0.2, 0.25) is 0 Å². The molecule has 2 nitrogen and oxygen atoms in total. The molecule has 0 bridgehead atoms. The van der Waals surface area contributed by atoms with Crippen molar-refractivity contribution in [1.82, 2.24) is 5.32 Å². The number of nitrogens with one attached hydrogen (secondary N) is 1. The number of rotatable bonds is 5. The molecule has 0 heterocycles. The standard InChI is InChI=1S/C14H29NO/c1-5-14(3,4)12-6-8-13(9-7-12)15-10-11(2)16/h11-13,15-16H,5-10H2,1-4H3. The number of hydrogen-bond acceptors (Lipinski definition) is 2. The number of aliphatic hydroxyl groups is 1. The van der Waals surface area contributed by atoms with Crippen molar-refractivity contribution in [1.29, 1.82) is 0 Å². The van der Waals surface area contributed by atoms with E-state index in [-0.39, 0.29) is 6.10 Å². The average molecular weight is 227 g/mol. The minimum absolute atomic E-state index is 0.218. The van der Waals surface area contributed by atoms with Crippen molar-refractivity contribution in [3.8, 4) is 0 Å². The van der Waals surface area contributed by atoms with E-state index in [1.807, 2.05) is 6.92 Å². The van der Waals surface area contributed by atoms with Crippen LogP contribution in [0.15, 0.2) is 0 Å². The van der Waals surface area contributed by atoms with Gasteiger partial charge in [-0.3, -0.25) is 0 Å². The highest BCUT2D eigenvalue weighted by Gasteiger charge is 2.31. The highest BCUT2D eigenvalue weighted by atomic mass is 16.3. The van der Waals surface area contributed by atoms with Crippen LogP contribution < -0.4 is 5.32 Å². The van der Waals surface area contributed by atoms with Gasteiger partial charge < -0.3 is 10.4 Å². The van der Waals surface area contributed by atoms with Crippen molar-refractivity contribution >= 4 is 0 Å². The lowest BCUT2D eigenvalue weighted by molar-refractivity contribution is 0.128. The Morgan fingerprint density at radius 3 is 2.25 bits per heavy atom. The van der Waals surface area contributed by atoms with Crippen molar-refractivity contribution in [2.24, 2.45) is 11.3 Å². The van der Waals surface area contributed by atoms with Gasteiger partial charge in [-0.2, -0.15) is 0 Å². The van der Waals surface area contributed by atoms with Gasteiger partial charge in [0.05, 0.1) is 6.10 Å². The Morgan fingerprint density at radius 1 is 1.25 bits per heavy atom. The first kappa shape index (κ1) is 14.0. The van der Waals surface area contributed by atoms with E-state index in [2.05, 4.69) is 26.1 Å². The van der Waals surface area contributed by atoms with Gasteiger partial charge in [-0.15, -0.1) is 0 Å². The fourth-order valence-electron chi connectivity index (χ4n) is 2.70. The Kier molecular flexibility index (Phi) is 5.26. The maximum atomic E-state index is 9.24. The van der Waals surface area contributed by atoms with Crippen molar-refractivity contribution < 1.29 is 5.11 Å². The van der Waals surface area contributed by atoms with E-state index < -0.39 is 0 Å². The summed E-state index contributed by atoms with van der Waals surface area (Å²) in [7, 11) is 0. The summed E-state index contributed by atoms with van der Waals surface area (Å²) in [5.41, 5.74) is 0.509. The lowest BCUT2D eigenvalue weighted by atomic mass is 9.69. The highest BCUT2D eigenvalue weighted by molar-refractivity contribution is 4.85. The Morgan fingerprint density at radius 2 is 1.81 bits per heavy atom. The summed E-state index contributed by atoms with van der Waals surface area (Å²) in [6.45, 7) is 9.70. The maximum Gasteiger partial charge on any atom is 0.0636 e. The third-order valence-electron chi connectivity index (χ3n) is 4.45. The molecule has 1 unspecified atom stereocenters. The minimum atomic E-state index is -0.218. The maximum absolute atomic E-state index is 9.24. The fraction of sp³-hybridized carbons (Fsp3) is 1.00. The Balaban J connectivity index is 2.28. The van der Waals surface area contributed by atoms with Gasteiger partial charge in [-0.1, -0.05) is 27.2 Å². The molecule has 1 rings (SSSR count). The van der Waals surface area contributed by atoms with Gasteiger partial charge in [0.1, 0.15) is 0 Å². The topological polar surface area (TPSA) is 32.3 Å². The second-order valence-electron chi connectivity index (χ2n) is 6.15. The average Bonchev–Trinajstić information content (AvgIpc) is 2.27. The van der Waals surface area contributed by atoms with E-state index in [0.29, 0.717) is 11.5 Å². The summed E-state index contributed by atoms with van der Waals surface area (Å²) in [6, 6.07) is 0.638. The molecule has 0 saturated heterocycles. The van der Waals surface area contributed by atoms with Gasteiger partial charge in [-0.05, 0) is 43.9 Å². The van der Waals surface area contributed by atoms with Crippen LogP contribution in [0.2, 0.25) is 0 Å². The van der Waals surface area contributed by atoms with E-state index in [4.69, 9.17) is 0 Å². The van der Waals surface area contributed by atoms with Crippen LogP contribution in [-0.4, -0.2) is 23.8 Å². The van der Waals surface area contributed by atoms with Crippen molar-refractivity contribution in [2.45, 2.75) is 71.9 Å². The Hall–Kier alpha value is -0.0800. The summed E-state index contributed by atoms with van der Waals surface area (Å²) in [5.74, 6) is 0.891. The lowest BCUT2D eigenvalue weighted by Crippen LogP contribution is -2.39. The zero-order chi connectivity index (χ0) is 12.2. The molecule has 2 N–H and O–H groups in total. The first-order valence-electron chi connectivity index (χ1n) is 6.87. The molecule has 1 saturated carbocycles. The number of hydrogen-bond donors (Lipinski definition) is 2. The molecule has 0 aromatic rings. The number of aliphatic hydroxyl groups excluding tert-OH is 1. The van der Waals surface area contributed by atoms with Crippen LogP contribution in [0.4, 0.5) is 0 Å². The van der Waals surface area contributed by atoms with Crippen molar-refractivity contribution in [3.63, 3.8) is 0 Å². The third kappa shape index (κ3) is 4.06. The van der Waals surface area contributed by atoms with E-state index in [9.17, 15) is 5.11 Å². The molecule has 1 atom stereocenters. The second-order valence-corrected chi connectivity index (χ2v) is 6.15. The first-order valence-corrected chi connectivity index (χ1v) is 6.87. The molecule has 0 radical (unpaired) electrons. The predicted octanol–water partition coefficient (Wildman–Crippen LogP) is 2.95. The third-order valence-corrected chi connectivity index (χ3v) is 4.45. The molecule has 16 heavy (non-hydrogen) atoms. The largest absolute Gasteiger partial charge is 0.392 e. The molecule has 0 aromatic heterocycles. The molecule has 0 amide bonds. The van der Waals surface area contributed by atoms with Crippen molar-refractivity contribution in [2.75, 3.05) is 6.54 Å². The molecule has 2 heteroatoms. The highest BCUT2D eigenvalue weighted by Crippen LogP contribution is 2.40. The smallest absolute Gasteiger partial charge is 0.0636 e.